The van der Waals surface area contributed by atoms with Gasteiger partial charge >= 0.3 is 39.7 Å². The molecule has 11 rings (SSSR count). The minimum absolute atomic E-state index is 0. The summed E-state index contributed by atoms with van der Waals surface area (Å²) in [6.07, 6.45) is -11.5. The number of aromatic nitrogens is 6. The number of halogens is 18. The third-order valence-corrected chi connectivity index (χ3v) is 18.8. The highest BCUT2D eigenvalue weighted by atomic mass is 79.9. The van der Waals surface area contributed by atoms with Gasteiger partial charge in [-0.05, 0) is 190 Å². The van der Waals surface area contributed by atoms with E-state index in [1.807, 2.05) is 55.4 Å². The fourth-order valence-electron chi connectivity index (χ4n) is 9.56. The quantitative estimate of drug-likeness (QED) is 0.0704. The molecule has 3 fully saturated rings. The summed E-state index contributed by atoms with van der Waals surface area (Å²) in [5.74, 6) is -6.11. The van der Waals surface area contributed by atoms with Gasteiger partial charge in [-0.25, -0.2) is 22.0 Å². The molecule has 18 nitrogen and oxygen atoms in total. The maximum absolute atomic E-state index is 13.9. The number of carbonyl (C=O) groups excluding carboxylic acids is 3. The van der Waals surface area contributed by atoms with Gasteiger partial charge in [0.1, 0.15) is 29.1 Å². The molecule has 3 saturated heterocycles. The summed E-state index contributed by atoms with van der Waals surface area (Å²) in [6.45, 7) is 23.4. The van der Waals surface area contributed by atoms with Crippen LogP contribution in [-0.4, -0.2) is 102 Å². The normalized spacial score (nSPS) is 16.4. The van der Waals surface area contributed by atoms with Crippen molar-refractivity contribution in [2.75, 3.05) is 16.0 Å². The molecule has 580 valence electrons. The first-order chi connectivity index (χ1) is 48.0. The molecule has 3 amide bonds. The molecular weight excluding hydrogens is 1620 g/mol. The number of carbonyl (C=O) groups is 3. The van der Waals surface area contributed by atoms with Crippen molar-refractivity contribution in [2.45, 2.75) is 150 Å². The molecule has 0 unspecified atom stereocenters. The predicted octanol–water partition coefficient (Wildman–Crippen LogP) is 18.8. The first-order valence-electron chi connectivity index (χ1n) is 31.0. The van der Waals surface area contributed by atoms with E-state index in [0.717, 1.165) is 75.1 Å². The number of hydrogen-bond donors (Lipinski definition) is 3. The van der Waals surface area contributed by atoms with E-state index >= 15 is 0 Å². The molecule has 107 heavy (non-hydrogen) atoms. The van der Waals surface area contributed by atoms with Crippen LogP contribution in [-0.2, 0) is 67.6 Å². The maximum atomic E-state index is 13.9. The van der Waals surface area contributed by atoms with Gasteiger partial charge in [0.25, 0.3) is 17.7 Å². The van der Waals surface area contributed by atoms with E-state index in [2.05, 4.69) is 63.1 Å². The van der Waals surface area contributed by atoms with Crippen LogP contribution < -0.4 is 21.4 Å². The van der Waals surface area contributed by atoms with Crippen LogP contribution in [0.3, 0.4) is 0 Å². The Hall–Kier alpha value is -7.35. The largest absolute Gasteiger partial charge is 0.497 e. The predicted molar refractivity (Wildman–Crippen MR) is 386 cm³/mol. The molecule has 3 N–H and O–H groups in total. The Labute approximate surface area is 635 Å². The van der Waals surface area contributed by atoms with E-state index in [1.54, 1.807) is 33.8 Å². The molecule has 3 aromatic heterocycles. The Bertz CT molecular complexity index is 4460. The summed E-state index contributed by atoms with van der Waals surface area (Å²) in [4.78, 5) is 36.9. The van der Waals surface area contributed by atoms with Crippen molar-refractivity contribution >= 4 is 116 Å². The third-order valence-electron chi connectivity index (χ3n) is 17.1. The van der Waals surface area contributed by atoms with Gasteiger partial charge in [-0.15, -0.1) is 0 Å². The zero-order valence-electron chi connectivity index (χ0n) is 58.3. The third kappa shape index (κ3) is 22.0. The number of nitrogens with one attached hydrogen (secondary N) is 3. The van der Waals surface area contributed by atoms with Crippen LogP contribution in [0.25, 0.3) is 11.1 Å². The Balaban J connectivity index is 0.000000248. The molecule has 0 spiro atoms. The molecule has 6 heterocycles. The molecular formula is C68H74B3Br2Cl2F14N9O9. The van der Waals surface area contributed by atoms with Crippen LogP contribution in [0.5, 0.6) is 0 Å². The first-order valence-corrected chi connectivity index (χ1v) is 33.3. The summed E-state index contributed by atoms with van der Waals surface area (Å²) in [7, 11) is 1.83. The second-order valence-corrected chi connectivity index (χ2v) is 29.2. The van der Waals surface area contributed by atoms with Gasteiger partial charge in [0.05, 0.1) is 66.0 Å². The molecule has 0 radical (unpaired) electrons. The van der Waals surface area contributed by atoms with E-state index in [4.69, 9.17) is 51.1 Å². The number of amides is 3. The molecule has 39 heteroatoms. The summed E-state index contributed by atoms with van der Waals surface area (Å²) < 4.78 is 223. The number of alkyl halides is 9. The zero-order chi connectivity index (χ0) is 79.0. The van der Waals surface area contributed by atoms with Gasteiger partial charge in [0.15, 0.2) is 17.1 Å². The highest BCUT2D eigenvalue weighted by Gasteiger charge is 2.64. The van der Waals surface area contributed by atoms with Crippen molar-refractivity contribution in [1.29, 1.82) is 0 Å². The summed E-state index contributed by atoms with van der Waals surface area (Å²) in [5, 5.41) is 16.8. The smallest absolute Gasteiger partial charge is 0.405 e. The van der Waals surface area contributed by atoms with Crippen LogP contribution in [0.15, 0.2) is 119 Å². The Morgan fingerprint density at radius 2 is 0.748 bits per heavy atom. The van der Waals surface area contributed by atoms with Crippen molar-refractivity contribution in [3.05, 3.63) is 191 Å². The second kappa shape index (κ2) is 33.9. The molecule has 3 aliphatic heterocycles. The number of rotatable bonds is 9. The Morgan fingerprint density at radius 3 is 1.10 bits per heavy atom. The maximum Gasteiger partial charge on any atom is 0.497 e. The standard InChI is InChI=1S/C18H20BF4N3O3.C18H11ClF5N3O.C12H24B2O4.C12H8BrF4N3O.C6H3BrClF.2CH4/c1-16(2)17(3,4)29-19(28-16)12-8-10(20)6-7-13(12)24-15(27)11-9-26(5)25-14(11)18(21,22)23;1-27-8-12(16(26-27)18(22,23)24)17(28)25-15-5-3-10(20)7-11(15)9-2-4-13(19)14(21)6-9;1-9(2)10(3,4)16-13(15-9)14-17-11(5,6)12(7,8)18-14;1-20-5-7(10(19-20)12(15,16)17)11(21)18-9-3-2-6(14)4-8(9)13;7-4-1-2-5(8)6(9)3-4;;/h6-9H,1-5H3,(H,24,27);2-8H,1H3,(H,25,28);1-8H3;2-5H,1H3,(H,18,21);1-3H;2*1H4. The van der Waals surface area contributed by atoms with Crippen molar-refractivity contribution in [3.8, 4) is 11.1 Å². The number of anilines is 3. The van der Waals surface area contributed by atoms with Crippen molar-refractivity contribution < 1.29 is 104 Å². The van der Waals surface area contributed by atoms with Crippen molar-refractivity contribution in [2.24, 2.45) is 21.1 Å². The SMILES string of the molecule is C.C.CC1(C)OB(B2OC(C)(C)C(C)(C)O2)OC1(C)C.Cn1cc(C(=O)Nc2ccc(F)cc2-c2ccc(Cl)c(F)c2)c(C(F)(F)F)n1.Cn1cc(C(=O)Nc2ccc(F)cc2B2OC(C)(C)C(C)(C)O2)c(C(F)(F)F)n1.Cn1cc(C(=O)Nc2ccc(F)cc2Br)c(C(F)(F)F)n1.Fc1cc(Br)ccc1Cl. The molecule has 8 aromatic rings. The van der Waals surface area contributed by atoms with E-state index in [9.17, 15) is 75.8 Å². The number of benzene rings is 5. The van der Waals surface area contributed by atoms with Crippen LogP contribution in [0.4, 0.5) is 78.5 Å². The molecule has 3 aliphatic rings. The van der Waals surface area contributed by atoms with Crippen LogP contribution >= 0.6 is 55.1 Å². The number of hydrogen-bond acceptors (Lipinski definition) is 12. The lowest BCUT2D eigenvalue weighted by Crippen LogP contribution is -2.41. The van der Waals surface area contributed by atoms with Gasteiger partial charge in [-0.3, -0.25) is 28.4 Å². The molecule has 0 aliphatic carbocycles. The number of aryl methyl sites for hydroxylation is 3. The fourth-order valence-corrected chi connectivity index (χ4v) is 10.6. The van der Waals surface area contributed by atoms with E-state index in [-0.39, 0.29) is 85.4 Å². The van der Waals surface area contributed by atoms with Gasteiger partial charge < -0.3 is 43.9 Å². The lowest BCUT2D eigenvalue weighted by Gasteiger charge is -2.32. The highest BCUT2D eigenvalue weighted by Crippen LogP contribution is 2.44. The van der Waals surface area contributed by atoms with Gasteiger partial charge in [0.2, 0.25) is 0 Å². The van der Waals surface area contributed by atoms with E-state index < -0.39 is 131 Å². The van der Waals surface area contributed by atoms with Gasteiger partial charge in [0, 0.05) is 71.1 Å². The molecule has 0 atom stereocenters. The lowest BCUT2D eigenvalue weighted by molar-refractivity contribution is -0.142. The average molecular weight is 1690 g/mol. The van der Waals surface area contributed by atoms with Crippen LogP contribution in [0.1, 0.15) is 146 Å². The monoisotopic (exact) mass is 1690 g/mol. The fraction of sp³-hybridized carbons (Fsp3) is 0.382. The lowest BCUT2D eigenvalue weighted by atomic mass is 9.49. The number of nitrogens with zero attached hydrogens (tertiary/aromatic N) is 6. The summed E-state index contributed by atoms with van der Waals surface area (Å²) in [5.41, 5.74) is -8.16. The minimum Gasteiger partial charge on any atom is -0.405 e. The average Bonchev–Trinajstić information content (AvgIpc) is 1.64. The van der Waals surface area contributed by atoms with Crippen molar-refractivity contribution in [1.82, 2.24) is 29.3 Å². The first kappa shape index (κ1) is 90.3. The second-order valence-electron chi connectivity index (χ2n) is 26.6. The summed E-state index contributed by atoms with van der Waals surface area (Å²) >= 11 is 17.1. The summed E-state index contributed by atoms with van der Waals surface area (Å²) in [6, 6.07) is 18.2. The Morgan fingerprint density at radius 1 is 0.430 bits per heavy atom. The van der Waals surface area contributed by atoms with Crippen LogP contribution in [0.2, 0.25) is 10.0 Å². The topological polar surface area (TPSA) is 196 Å². The zero-order valence-corrected chi connectivity index (χ0v) is 63.0. The van der Waals surface area contributed by atoms with Crippen LogP contribution in [0, 0.1) is 29.1 Å². The minimum atomic E-state index is -4.83. The molecule has 0 saturated carbocycles. The van der Waals surface area contributed by atoms with Crippen molar-refractivity contribution in [3.63, 3.8) is 0 Å². The van der Waals surface area contributed by atoms with E-state index in [1.165, 1.54) is 63.6 Å². The molecule has 0 bridgehead atoms. The Kier molecular flexibility index (Phi) is 28.6. The van der Waals surface area contributed by atoms with Gasteiger partial charge in [-0.2, -0.15) is 54.8 Å². The van der Waals surface area contributed by atoms with E-state index in [0.29, 0.717) is 4.47 Å². The van der Waals surface area contributed by atoms with Gasteiger partial charge in [-0.1, -0.05) is 60.1 Å². The highest BCUT2D eigenvalue weighted by molar-refractivity contribution is 9.10. The molecule has 5 aromatic carbocycles.